The summed E-state index contributed by atoms with van der Waals surface area (Å²) in [6, 6.07) is 7.97. The maximum absolute atomic E-state index is 12.3. The Morgan fingerprint density at radius 3 is 2.64 bits per heavy atom. The van der Waals surface area contributed by atoms with Crippen molar-refractivity contribution in [2.75, 3.05) is 13.1 Å². The van der Waals surface area contributed by atoms with Crippen LogP contribution < -0.4 is 15.4 Å². The zero-order valence-electron chi connectivity index (χ0n) is 13.5. The molecule has 0 radical (unpaired) electrons. The van der Waals surface area contributed by atoms with Crippen LogP contribution in [-0.2, 0) is 11.3 Å². The molecule has 0 aromatic heterocycles. The average molecular weight is 302 g/mol. The molecule has 2 N–H and O–H groups in total. The van der Waals surface area contributed by atoms with Crippen molar-refractivity contribution in [3.63, 3.8) is 0 Å². The lowest BCUT2D eigenvalue weighted by molar-refractivity contribution is -0.123. The van der Waals surface area contributed by atoms with E-state index in [1.165, 1.54) is 0 Å². The Morgan fingerprint density at radius 2 is 2.00 bits per heavy atom. The van der Waals surface area contributed by atoms with Crippen LogP contribution in [0.4, 0.5) is 0 Å². The number of carbonyl (C=O) groups excluding carboxylic acids is 1. The van der Waals surface area contributed by atoms with Crippen molar-refractivity contribution < 1.29 is 9.53 Å². The normalized spacial score (nSPS) is 22.6. The van der Waals surface area contributed by atoms with E-state index >= 15 is 0 Å². The number of hydrogen-bond donors (Lipinski definition) is 2. The molecule has 1 aliphatic carbocycles. The fourth-order valence-electron chi connectivity index (χ4n) is 3.47. The molecule has 1 saturated heterocycles. The second-order valence-electron chi connectivity index (χ2n) is 6.90. The molecule has 4 heteroatoms. The number of piperidine rings is 1. The molecule has 1 atom stereocenters. The molecule has 22 heavy (non-hydrogen) atoms. The summed E-state index contributed by atoms with van der Waals surface area (Å²) in [6.45, 7) is 6.74. The number of rotatable bonds is 5. The van der Waals surface area contributed by atoms with Crippen molar-refractivity contribution >= 4 is 5.91 Å². The van der Waals surface area contributed by atoms with Gasteiger partial charge < -0.3 is 15.4 Å². The lowest BCUT2D eigenvalue weighted by Gasteiger charge is -2.23. The molecule has 4 nitrogen and oxygen atoms in total. The van der Waals surface area contributed by atoms with Gasteiger partial charge in [0.1, 0.15) is 5.75 Å². The van der Waals surface area contributed by atoms with Gasteiger partial charge in [-0.25, -0.2) is 0 Å². The molecule has 0 bridgehead atoms. The first-order valence-corrected chi connectivity index (χ1v) is 8.33. The summed E-state index contributed by atoms with van der Waals surface area (Å²) in [7, 11) is 0. The highest BCUT2D eigenvalue weighted by molar-refractivity contribution is 5.82. The van der Waals surface area contributed by atoms with Crippen molar-refractivity contribution in [3.8, 4) is 5.75 Å². The minimum atomic E-state index is 0.182. The molecule has 1 aliphatic heterocycles. The minimum Gasteiger partial charge on any atom is -0.491 e. The van der Waals surface area contributed by atoms with Gasteiger partial charge in [-0.3, -0.25) is 4.79 Å². The van der Waals surface area contributed by atoms with Gasteiger partial charge >= 0.3 is 0 Å². The number of hydrogen-bond acceptors (Lipinski definition) is 3. The molecule has 120 valence electrons. The standard InChI is InChI=1S/C18H26N2O2/c1-13(2)22-15-5-3-14(4-6-15)12-20-17(21)16-11-18(16)7-9-19-10-8-18/h3-6,13,16,19H,7-12H2,1-2H3,(H,20,21). The fraction of sp³-hybridized carbons (Fsp3) is 0.611. The van der Waals surface area contributed by atoms with Gasteiger partial charge in [0.2, 0.25) is 5.91 Å². The van der Waals surface area contributed by atoms with Crippen LogP contribution in [0.1, 0.15) is 38.7 Å². The Morgan fingerprint density at radius 1 is 1.32 bits per heavy atom. The molecule has 1 heterocycles. The van der Waals surface area contributed by atoms with Crippen molar-refractivity contribution in [2.45, 2.75) is 45.8 Å². The molecule has 2 fully saturated rings. The van der Waals surface area contributed by atoms with Crippen molar-refractivity contribution in [3.05, 3.63) is 29.8 Å². The van der Waals surface area contributed by atoms with E-state index in [0.29, 0.717) is 12.0 Å². The summed E-state index contributed by atoms with van der Waals surface area (Å²) >= 11 is 0. The average Bonchev–Trinajstić information content (AvgIpc) is 3.20. The Kier molecular flexibility index (Phi) is 4.39. The van der Waals surface area contributed by atoms with Gasteiger partial charge in [0.25, 0.3) is 0 Å². The fourth-order valence-corrected chi connectivity index (χ4v) is 3.47. The first kappa shape index (κ1) is 15.3. The second kappa shape index (κ2) is 6.29. The molecule has 1 unspecified atom stereocenters. The number of nitrogens with one attached hydrogen (secondary N) is 2. The Labute approximate surface area is 132 Å². The van der Waals surface area contributed by atoms with E-state index in [4.69, 9.17) is 4.74 Å². The summed E-state index contributed by atoms with van der Waals surface area (Å²) in [6.07, 6.45) is 3.54. The van der Waals surface area contributed by atoms with Gasteiger partial charge in [0.05, 0.1) is 6.10 Å². The van der Waals surface area contributed by atoms with Crippen molar-refractivity contribution in [2.24, 2.45) is 11.3 Å². The third kappa shape index (κ3) is 3.43. The van der Waals surface area contributed by atoms with Gasteiger partial charge in [0.15, 0.2) is 0 Å². The molecular formula is C18H26N2O2. The monoisotopic (exact) mass is 302 g/mol. The van der Waals surface area contributed by atoms with Gasteiger partial charge in [-0.1, -0.05) is 12.1 Å². The number of amides is 1. The van der Waals surface area contributed by atoms with Gasteiger partial charge in [-0.15, -0.1) is 0 Å². The Bertz CT molecular complexity index is 518. The van der Waals surface area contributed by atoms with Crippen LogP contribution in [0.2, 0.25) is 0 Å². The predicted octanol–water partition coefficient (Wildman–Crippen LogP) is 2.48. The van der Waals surface area contributed by atoms with Crippen LogP contribution in [0.25, 0.3) is 0 Å². The highest BCUT2D eigenvalue weighted by Crippen LogP contribution is 2.58. The van der Waals surface area contributed by atoms with E-state index in [2.05, 4.69) is 10.6 Å². The second-order valence-corrected chi connectivity index (χ2v) is 6.90. The smallest absolute Gasteiger partial charge is 0.223 e. The Hall–Kier alpha value is -1.55. The van der Waals surface area contributed by atoms with Gasteiger partial charge in [-0.05, 0) is 69.3 Å². The number of ether oxygens (including phenoxy) is 1. The van der Waals surface area contributed by atoms with Crippen LogP contribution in [0.15, 0.2) is 24.3 Å². The van der Waals surface area contributed by atoms with Crippen LogP contribution >= 0.6 is 0 Å². The van der Waals surface area contributed by atoms with Crippen molar-refractivity contribution in [1.82, 2.24) is 10.6 Å². The quantitative estimate of drug-likeness (QED) is 0.878. The zero-order chi connectivity index (χ0) is 15.6. The molecular weight excluding hydrogens is 276 g/mol. The van der Waals surface area contributed by atoms with Crippen LogP contribution in [-0.4, -0.2) is 25.1 Å². The first-order valence-electron chi connectivity index (χ1n) is 8.33. The first-order chi connectivity index (χ1) is 10.6. The van der Waals surface area contributed by atoms with E-state index in [9.17, 15) is 4.79 Å². The SMILES string of the molecule is CC(C)Oc1ccc(CNC(=O)C2CC23CCNCC3)cc1. The van der Waals surface area contributed by atoms with Crippen LogP contribution in [0.3, 0.4) is 0 Å². The highest BCUT2D eigenvalue weighted by Gasteiger charge is 2.57. The Balaban J connectivity index is 1.47. The summed E-state index contributed by atoms with van der Waals surface area (Å²) in [4.78, 5) is 12.3. The van der Waals surface area contributed by atoms with E-state index in [-0.39, 0.29) is 17.9 Å². The van der Waals surface area contributed by atoms with E-state index in [0.717, 1.165) is 43.7 Å². The summed E-state index contributed by atoms with van der Waals surface area (Å²) in [5, 5.41) is 6.47. The van der Waals surface area contributed by atoms with Crippen LogP contribution in [0.5, 0.6) is 5.75 Å². The zero-order valence-corrected chi connectivity index (χ0v) is 13.5. The minimum absolute atomic E-state index is 0.182. The van der Waals surface area contributed by atoms with Gasteiger partial charge in [-0.2, -0.15) is 0 Å². The molecule has 2 aliphatic rings. The molecule has 1 aromatic rings. The van der Waals surface area contributed by atoms with E-state index < -0.39 is 0 Å². The van der Waals surface area contributed by atoms with Gasteiger partial charge in [0, 0.05) is 12.5 Å². The molecule has 1 spiro atoms. The van der Waals surface area contributed by atoms with Crippen molar-refractivity contribution in [1.29, 1.82) is 0 Å². The topological polar surface area (TPSA) is 50.4 Å². The third-order valence-corrected chi connectivity index (χ3v) is 4.87. The summed E-state index contributed by atoms with van der Waals surface area (Å²) in [5.74, 6) is 1.34. The third-order valence-electron chi connectivity index (χ3n) is 4.87. The maximum atomic E-state index is 12.3. The summed E-state index contributed by atoms with van der Waals surface area (Å²) in [5.41, 5.74) is 1.43. The number of benzene rings is 1. The lowest BCUT2D eigenvalue weighted by Crippen LogP contribution is -2.33. The summed E-state index contributed by atoms with van der Waals surface area (Å²) < 4.78 is 5.62. The van der Waals surface area contributed by atoms with E-state index in [1.54, 1.807) is 0 Å². The maximum Gasteiger partial charge on any atom is 0.223 e. The number of carbonyl (C=O) groups is 1. The van der Waals surface area contributed by atoms with E-state index in [1.807, 2.05) is 38.1 Å². The molecule has 1 aromatic carbocycles. The lowest BCUT2D eigenvalue weighted by atomic mass is 9.92. The largest absolute Gasteiger partial charge is 0.491 e. The molecule has 1 saturated carbocycles. The molecule has 1 amide bonds. The van der Waals surface area contributed by atoms with Crippen LogP contribution in [0, 0.1) is 11.3 Å². The predicted molar refractivity (Wildman–Crippen MR) is 86.7 cm³/mol. The highest BCUT2D eigenvalue weighted by atomic mass is 16.5. The molecule has 3 rings (SSSR count).